The molecule has 0 atom stereocenters. The zero-order chi connectivity index (χ0) is 16.3. The second-order valence-electron chi connectivity index (χ2n) is 4.99. The van der Waals surface area contributed by atoms with Crippen molar-refractivity contribution in [1.82, 2.24) is 14.9 Å². The number of imidazole rings is 1. The number of nitrogens with zero attached hydrogens (tertiary/aromatic N) is 2. The summed E-state index contributed by atoms with van der Waals surface area (Å²) in [6.07, 6.45) is 0. The van der Waals surface area contributed by atoms with Crippen LogP contribution < -0.4 is 5.32 Å². The zero-order valence-electron chi connectivity index (χ0n) is 12.1. The summed E-state index contributed by atoms with van der Waals surface area (Å²) in [5, 5.41) is 2.48. The first kappa shape index (κ1) is 16.7. The van der Waals surface area contributed by atoms with Crippen LogP contribution in [0.5, 0.6) is 0 Å². The highest BCUT2D eigenvalue weighted by Crippen LogP contribution is 2.29. The molecule has 0 saturated carbocycles. The van der Waals surface area contributed by atoms with Gasteiger partial charge in [-0.3, -0.25) is 4.79 Å². The maximum Gasteiger partial charge on any atom is 0.442 e. The van der Waals surface area contributed by atoms with Crippen LogP contribution in [-0.4, -0.2) is 26.7 Å². The number of carbonyl (C=O) groups is 1. The molecule has 4 nitrogen and oxygen atoms in total. The number of para-hydroxylation sites is 2. The van der Waals surface area contributed by atoms with E-state index in [0.717, 1.165) is 11.0 Å². The summed E-state index contributed by atoms with van der Waals surface area (Å²) in [5.41, 5.74) is -2.67. The fraction of sp³-hybridized carbons (Fsp3) is 0.429. The lowest BCUT2D eigenvalue weighted by molar-refractivity contribution is -0.119. The van der Waals surface area contributed by atoms with Gasteiger partial charge in [-0.1, -0.05) is 12.1 Å². The predicted octanol–water partition coefficient (Wildman–Crippen LogP) is 3.49. The van der Waals surface area contributed by atoms with E-state index < -0.39 is 17.2 Å². The summed E-state index contributed by atoms with van der Waals surface area (Å²) < 4.78 is 38.1. The molecule has 22 heavy (non-hydrogen) atoms. The van der Waals surface area contributed by atoms with E-state index in [1.807, 2.05) is 42.7 Å². The lowest BCUT2D eigenvalue weighted by Crippen LogP contribution is -2.27. The highest BCUT2D eigenvalue weighted by atomic mass is 32.2. The van der Waals surface area contributed by atoms with E-state index in [1.165, 1.54) is 0 Å². The van der Waals surface area contributed by atoms with E-state index in [2.05, 4.69) is 10.3 Å². The lowest BCUT2D eigenvalue weighted by atomic mass is 10.3. The van der Waals surface area contributed by atoms with Gasteiger partial charge in [0.2, 0.25) is 5.91 Å². The monoisotopic (exact) mass is 331 g/mol. The fourth-order valence-electron chi connectivity index (χ4n) is 2.17. The van der Waals surface area contributed by atoms with Gasteiger partial charge < -0.3 is 9.88 Å². The van der Waals surface area contributed by atoms with Crippen LogP contribution in [-0.2, 0) is 11.3 Å². The largest absolute Gasteiger partial charge is 0.442 e. The Kier molecular flexibility index (Phi) is 5.00. The van der Waals surface area contributed by atoms with Crippen LogP contribution in [0, 0.1) is 0 Å². The second kappa shape index (κ2) is 6.60. The third-order valence-electron chi connectivity index (χ3n) is 3.00. The third kappa shape index (κ3) is 4.16. The first-order valence-corrected chi connectivity index (χ1v) is 7.69. The Morgan fingerprint density at radius 1 is 1.36 bits per heavy atom. The van der Waals surface area contributed by atoms with E-state index in [9.17, 15) is 18.0 Å². The molecule has 2 aromatic rings. The third-order valence-corrected chi connectivity index (χ3v) is 3.73. The van der Waals surface area contributed by atoms with E-state index in [-0.39, 0.29) is 24.3 Å². The SMILES string of the molecule is CC(C)n1c(CNC(=O)CSC(F)(F)F)nc2ccccc21. The molecule has 0 aliphatic rings. The Morgan fingerprint density at radius 2 is 2.05 bits per heavy atom. The van der Waals surface area contributed by atoms with Crippen molar-refractivity contribution in [2.45, 2.75) is 31.9 Å². The first-order chi connectivity index (χ1) is 10.3. The van der Waals surface area contributed by atoms with Crippen LogP contribution >= 0.6 is 11.8 Å². The minimum atomic E-state index is -4.40. The summed E-state index contributed by atoms with van der Waals surface area (Å²) in [6.45, 7) is 4.07. The number of aromatic nitrogens is 2. The Morgan fingerprint density at radius 3 is 2.68 bits per heavy atom. The lowest BCUT2D eigenvalue weighted by Gasteiger charge is -2.13. The Hall–Kier alpha value is -1.70. The van der Waals surface area contributed by atoms with Gasteiger partial charge in [0.05, 0.1) is 23.3 Å². The first-order valence-electron chi connectivity index (χ1n) is 6.71. The number of nitrogens with one attached hydrogen (secondary N) is 1. The molecule has 1 N–H and O–H groups in total. The van der Waals surface area contributed by atoms with Crippen molar-refractivity contribution in [3.8, 4) is 0 Å². The normalized spacial score (nSPS) is 12.1. The van der Waals surface area contributed by atoms with E-state index in [4.69, 9.17) is 0 Å². The van der Waals surface area contributed by atoms with Gasteiger partial charge in [0.15, 0.2) is 0 Å². The van der Waals surface area contributed by atoms with Crippen LogP contribution in [0.4, 0.5) is 13.2 Å². The van der Waals surface area contributed by atoms with Crippen molar-refractivity contribution in [1.29, 1.82) is 0 Å². The van der Waals surface area contributed by atoms with Crippen molar-refractivity contribution in [3.05, 3.63) is 30.1 Å². The van der Waals surface area contributed by atoms with Gasteiger partial charge in [0, 0.05) is 6.04 Å². The van der Waals surface area contributed by atoms with Gasteiger partial charge in [-0.05, 0) is 37.7 Å². The van der Waals surface area contributed by atoms with Crippen molar-refractivity contribution in [2.75, 3.05) is 5.75 Å². The van der Waals surface area contributed by atoms with Crippen LogP contribution in [0.3, 0.4) is 0 Å². The van der Waals surface area contributed by atoms with Crippen LogP contribution in [0.15, 0.2) is 24.3 Å². The van der Waals surface area contributed by atoms with Crippen molar-refractivity contribution < 1.29 is 18.0 Å². The number of carbonyl (C=O) groups excluding carboxylic acids is 1. The smallest absolute Gasteiger partial charge is 0.348 e. The van der Waals surface area contributed by atoms with E-state index in [1.54, 1.807) is 0 Å². The van der Waals surface area contributed by atoms with Gasteiger partial charge in [-0.2, -0.15) is 13.2 Å². The molecule has 0 radical (unpaired) electrons. The van der Waals surface area contributed by atoms with Crippen LogP contribution in [0.1, 0.15) is 25.7 Å². The summed E-state index contributed by atoms with van der Waals surface area (Å²) in [5.74, 6) is -0.683. The zero-order valence-corrected chi connectivity index (χ0v) is 13.0. The molecule has 1 amide bonds. The molecular weight excluding hydrogens is 315 g/mol. The summed E-state index contributed by atoms with van der Waals surface area (Å²) >= 11 is -0.347. The number of fused-ring (bicyclic) bond motifs is 1. The molecular formula is C14H16F3N3OS. The van der Waals surface area contributed by atoms with Gasteiger partial charge in [-0.25, -0.2) is 4.98 Å². The molecule has 0 fully saturated rings. The van der Waals surface area contributed by atoms with Crippen LogP contribution in [0.25, 0.3) is 11.0 Å². The number of benzene rings is 1. The molecule has 1 aromatic carbocycles. The average molecular weight is 331 g/mol. The van der Waals surface area contributed by atoms with E-state index >= 15 is 0 Å². The Labute approximate surface area is 130 Å². The summed E-state index contributed by atoms with van der Waals surface area (Å²) in [6, 6.07) is 7.67. The molecule has 1 aromatic heterocycles. The topological polar surface area (TPSA) is 46.9 Å². The minimum Gasteiger partial charge on any atom is -0.348 e. The highest BCUT2D eigenvalue weighted by molar-refractivity contribution is 8.00. The molecule has 0 saturated heterocycles. The molecule has 2 rings (SSSR count). The number of rotatable bonds is 5. The number of hydrogen-bond acceptors (Lipinski definition) is 3. The maximum absolute atomic E-state index is 12.1. The Bertz CT molecular complexity index is 667. The number of amides is 1. The molecule has 0 aliphatic heterocycles. The molecule has 0 unspecified atom stereocenters. The Balaban J connectivity index is 2.08. The molecule has 1 heterocycles. The van der Waals surface area contributed by atoms with Crippen LogP contribution in [0.2, 0.25) is 0 Å². The molecule has 8 heteroatoms. The van der Waals surface area contributed by atoms with Gasteiger partial charge in [0.25, 0.3) is 0 Å². The number of alkyl halides is 3. The van der Waals surface area contributed by atoms with Crippen molar-refractivity contribution in [3.63, 3.8) is 0 Å². The van der Waals surface area contributed by atoms with Crippen molar-refractivity contribution in [2.24, 2.45) is 0 Å². The minimum absolute atomic E-state index is 0.101. The summed E-state index contributed by atoms with van der Waals surface area (Å²) in [7, 11) is 0. The van der Waals surface area contributed by atoms with Gasteiger partial charge >= 0.3 is 5.51 Å². The molecule has 0 spiro atoms. The molecule has 0 bridgehead atoms. The van der Waals surface area contributed by atoms with Gasteiger partial charge in [-0.15, -0.1) is 0 Å². The van der Waals surface area contributed by atoms with E-state index in [0.29, 0.717) is 5.82 Å². The second-order valence-corrected chi connectivity index (χ2v) is 6.03. The quantitative estimate of drug-likeness (QED) is 0.912. The summed E-state index contributed by atoms with van der Waals surface area (Å²) in [4.78, 5) is 15.9. The average Bonchev–Trinajstić information content (AvgIpc) is 2.80. The standard InChI is InChI=1S/C14H16F3N3OS/c1-9(2)20-11-6-4-3-5-10(11)19-12(20)7-18-13(21)8-22-14(15,16)17/h3-6,9H,7-8H2,1-2H3,(H,18,21). The molecule has 0 aliphatic carbocycles. The number of hydrogen-bond donors (Lipinski definition) is 1. The number of halogens is 3. The maximum atomic E-state index is 12.1. The van der Waals surface area contributed by atoms with Gasteiger partial charge in [0.1, 0.15) is 5.82 Å². The number of thioether (sulfide) groups is 1. The predicted molar refractivity (Wildman–Crippen MR) is 80.5 cm³/mol. The molecule has 120 valence electrons. The fourth-order valence-corrected chi connectivity index (χ4v) is 2.57. The highest BCUT2D eigenvalue weighted by Gasteiger charge is 2.29. The van der Waals surface area contributed by atoms with Crippen molar-refractivity contribution >= 4 is 28.7 Å².